The van der Waals surface area contributed by atoms with E-state index in [4.69, 9.17) is 16.3 Å². The summed E-state index contributed by atoms with van der Waals surface area (Å²) in [6.07, 6.45) is 1.64. The number of aromatic nitrogens is 1. The maximum absolute atomic E-state index is 13.5. The van der Waals surface area contributed by atoms with E-state index in [2.05, 4.69) is 5.32 Å². The maximum Gasteiger partial charge on any atom is 0.337 e. The van der Waals surface area contributed by atoms with Crippen LogP contribution in [0.4, 0.5) is 5.69 Å². The number of carbonyl (C=O) groups is 2. The molecule has 178 valence electrons. The summed E-state index contributed by atoms with van der Waals surface area (Å²) in [6, 6.07) is 23.9. The number of thiazole rings is 1. The molecule has 0 fully saturated rings. The zero-order valence-electron chi connectivity index (χ0n) is 18.9. The third kappa shape index (κ3) is 5.13. The summed E-state index contributed by atoms with van der Waals surface area (Å²) in [6.45, 7) is 0. The summed E-state index contributed by atoms with van der Waals surface area (Å²) >= 11 is 7.17. The summed E-state index contributed by atoms with van der Waals surface area (Å²) in [7, 11) is 1.30. The van der Waals surface area contributed by atoms with Gasteiger partial charge in [0.25, 0.3) is 11.5 Å². The number of carbonyl (C=O) groups excluding carboxylic acids is 2. The lowest BCUT2D eigenvalue weighted by Crippen LogP contribution is -2.32. The minimum atomic E-state index is -0.689. The molecule has 1 N–H and O–H groups in total. The number of nitriles is 1. The third-order valence-electron chi connectivity index (χ3n) is 5.14. The Balaban J connectivity index is 1.91. The molecule has 0 aliphatic carbocycles. The fourth-order valence-corrected chi connectivity index (χ4v) is 4.67. The number of amides is 1. The van der Waals surface area contributed by atoms with Gasteiger partial charge in [0, 0.05) is 0 Å². The second kappa shape index (κ2) is 10.9. The molecule has 7 nitrogen and oxygen atoms in total. The van der Waals surface area contributed by atoms with Gasteiger partial charge in [-0.3, -0.25) is 14.2 Å². The number of hydrogen-bond donors (Lipinski definition) is 1. The average Bonchev–Trinajstić information content (AvgIpc) is 3.21. The van der Waals surface area contributed by atoms with Crippen molar-refractivity contribution < 1.29 is 14.3 Å². The highest BCUT2D eigenvalue weighted by atomic mass is 35.5. The van der Waals surface area contributed by atoms with Gasteiger partial charge >= 0.3 is 5.97 Å². The summed E-state index contributed by atoms with van der Waals surface area (Å²) in [5.41, 5.74) is 1.26. The van der Waals surface area contributed by atoms with Crippen LogP contribution in [0.5, 0.6) is 0 Å². The third-order valence-corrected chi connectivity index (χ3v) is 6.56. The Morgan fingerprint density at radius 3 is 2.33 bits per heavy atom. The quantitative estimate of drug-likeness (QED) is 0.410. The van der Waals surface area contributed by atoms with Crippen LogP contribution < -0.4 is 20.1 Å². The molecule has 1 aromatic heterocycles. The van der Waals surface area contributed by atoms with Crippen molar-refractivity contribution in [1.82, 2.24) is 4.57 Å². The lowest BCUT2D eigenvalue weighted by atomic mass is 10.1. The number of hydrogen-bond acceptors (Lipinski definition) is 6. The second-order valence-corrected chi connectivity index (χ2v) is 8.86. The van der Waals surface area contributed by atoms with Gasteiger partial charge in [-0.05, 0) is 48.0 Å². The molecular weight excluding hydrogens is 498 g/mol. The van der Waals surface area contributed by atoms with Gasteiger partial charge in [0.05, 0.1) is 33.6 Å². The molecule has 4 rings (SSSR count). The van der Waals surface area contributed by atoms with Crippen molar-refractivity contribution in [1.29, 1.82) is 5.26 Å². The number of nitrogens with zero attached hydrogens (tertiary/aromatic N) is 2. The first-order chi connectivity index (χ1) is 17.4. The van der Waals surface area contributed by atoms with Gasteiger partial charge in [0.15, 0.2) is 5.57 Å². The van der Waals surface area contributed by atoms with Crippen LogP contribution in [0.2, 0.25) is 5.02 Å². The highest BCUT2D eigenvalue weighted by molar-refractivity contribution is 7.07. The van der Waals surface area contributed by atoms with E-state index in [0.717, 1.165) is 11.3 Å². The Morgan fingerprint density at radius 2 is 1.69 bits per heavy atom. The number of anilines is 1. The molecule has 0 aliphatic rings. The van der Waals surface area contributed by atoms with Crippen molar-refractivity contribution in [3.05, 3.63) is 115 Å². The molecule has 0 aliphatic heterocycles. The Morgan fingerprint density at radius 1 is 1.03 bits per heavy atom. The predicted molar refractivity (Wildman–Crippen MR) is 140 cm³/mol. The summed E-state index contributed by atoms with van der Waals surface area (Å²) < 4.78 is 6.53. The molecule has 1 amide bonds. The molecule has 0 atom stereocenters. The molecule has 0 spiro atoms. The van der Waals surface area contributed by atoms with Crippen molar-refractivity contribution in [3.63, 3.8) is 0 Å². The number of halogens is 1. The van der Waals surface area contributed by atoms with E-state index in [0.29, 0.717) is 32.1 Å². The predicted octanol–water partition coefficient (Wildman–Crippen LogP) is 3.48. The summed E-state index contributed by atoms with van der Waals surface area (Å²) in [4.78, 5) is 38.3. The van der Waals surface area contributed by atoms with E-state index in [-0.39, 0.29) is 10.2 Å². The SMILES string of the molecule is COC(=O)c1ccc(/C=c2/s/c(=C(\C#N)C(=O)Nc3ccccc3Cl)n(-c3ccccc3)c2=O)cc1. The molecule has 1 heterocycles. The van der Waals surface area contributed by atoms with E-state index in [1.165, 1.54) is 11.7 Å². The molecule has 36 heavy (non-hydrogen) atoms. The Labute approximate surface area is 214 Å². The number of benzene rings is 3. The molecule has 0 bridgehead atoms. The largest absolute Gasteiger partial charge is 0.465 e. The van der Waals surface area contributed by atoms with E-state index < -0.39 is 17.4 Å². The van der Waals surface area contributed by atoms with E-state index in [9.17, 15) is 19.6 Å². The highest BCUT2D eigenvalue weighted by Gasteiger charge is 2.18. The van der Waals surface area contributed by atoms with E-state index >= 15 is 0 Å². The van der Waals surface area contributed by atoms with Crippen LogP contribution in [0.1, 0.15) is 15.9 Å². The fraction of sp³-hybridized carbons (Fsp3) is 0.0370. The van der Waals surface area contributed by atoms with E-state index in [1.807, 2.05) is 6.07 Å². The second-order valence-electron chi connectivity index (χ2n) is 7.43. The normalized spacial score (nSPS) is 12.0. The maximum atomic E-state index is 13.5. The molecule has 0 unspecified atom stereocenters. The molecule has 0 saturated heterocycles. The molecule has 3 aromatic carbocycles. The molecule has 4 aromatic rings. The van der Waals surface area contributed by atoms with Gasteiger partial charge in [-0.1, -0.05) is 54.1 Å². The zero-order valence-corrected chi connectivity index (χ0v) is 20.5. The first kappa shape index (κ1) is 24.7. The van der Waals surface area contributed by atoms with Crippen molar-refractivity contribution >= 4 is 52.2 Å². The van der Waals surface area contributed by atoms with Crippen LogP contribution in [0.3, 0.4) is 0 Å². The lowest BCUT2D eigenvalue weighted by Gasteiger charge is -2.07. The number of nitrogens with one attached hydrogen (secondary N) is 1. The Bertz CT molecular complexity index is 1670. The number of para-hydroxylation sites is 2. The standard InChI is InChI=1S/C27H18ClN3O4S/c1-35-27(34)18-13-11-17(12-14-18)15-23-25(33)31(19-7-3-2-4-8-19)26(36-23)20(16-29)24(32)30-22-10-6-5-9-21(22)28/h2-15H,1H3,(H,30,32)/b23-15+,26-20+. The highest BCUT2D eigenvalue weighted by Crippen LogP contribution is 2.21. The molecule has 0 saturated carbocycles. The minimum Gasteiger partial charge on any atom is -0.465 e. The average molecular weight is 516 g/mol. The van der Waals surface area contributed by atoms with Gasteiger partial charge in [0.1, 0.15) is 10.7 Å². The van der Waals surface area contributed by atoms with Crippen molar-refractivity contribution in [3.8, 4) is 11.8 Å². The zero-order chi connectivity index (χ0) is 25.7. The van der Waals surface area contributed by atoms with Gasteiger partial charge < -0.3 is 10.1 Å². The lowest BCUT2D eigenvalue weighted by molar-refractivity contribution is -0.111. The van der Waals surface area contributed by atoms with Crippen LogP contribution in [-0.4, -0.2) is 23.6 Å². The van der Waals surface area contributed by atoms with Gasteiger partial charge in [-0.2, -0.15) is 5.26 Å². The Kier molecular flexibility index (Phi) is 7.44. The number of esters is 1. The van der Waals surface area contributed by atoms with Crippen LogP contribution in [-0.2, 0) is 9.53 Å². The van der Waals surface area contributed by atoms with Gasteiger partial charge in [-0.15, -0.1) is 11.3 Å². The summed E-state index contributed by atoms with van der Waals surface area (Å²) in [5.74, 6) is -1.16. The van der Waals surface area contributed by atoms with Gasteiger partial charge in [-0.25, -0.2) is 4.79 Å². The summed E-state index contributed by atoms with van der Waals surface area (Å²) in [5, 5.41) is 12.9. The van der Waals surface area contributed by atoms with Crippen LogP contribution in [0, 0.1) is 11.3 Å². The fourth-order valence-electron chi connectivity index (χ4n) is 3.39. The molecule has 9 heteroatoms. The van der Waals surface area contributed by atoms with Crippen molar-refractivity contribution in [2.45, 2.75) is 0 Å². The molecular formula is C27H18ClN3O4S. The first-order valence-electron chi connectivity index (χ1n) is 10.6. The number of rotatable bonds is 5. The van der Waals surface area contributed by atoms with E-state index in [1.54, 1.807) is 84.9 Å². The van der Waals surface area contributed by atoms with Crippen LogP contribution in [0.15, 0.2) is 83.7 Å². The van der Waals surface area contributed by atoms with Crippen molar-refractivity contribution in [2.75, 3.05) is 12.4 Å². The van der Waals surface area contributed by atoms with Gasteiger partial charge in [0.2, 0.25) is 0 Å². The minimum absolute atomic E-state index is 0.177. The van der Waals surface area contributed by atoms with Crippen LogP contribution in [0.25, 0.3) is 17.3 Å². The number of methoxy groups -OCH3 is 1. The number of ether oxygens (including phenoxy) is 1. The molecule has 0 radical (unpaired) electrons. The first-order valence-corrected chi connectivity index (χ1v) is 11.8. The van der Waals surface area contributed by atoms with Crippen molar-refractivity contribution in [2.24, 2.45) is 0 Å². The smallest absolute Gasteiger partial charge is 0.337 e. The Hall–Kier alpha value is -4.45. The topological polar surface area (TPSA) is 101 Å². The monoisotopic (exact) mass is 515 g/mol. The van der Waals surface area contributed by atoms with Crippen LogP contribution >= 0.6 is 22.9 Å².